The van der Waals surface area contributed by atoms with Gasteiger partial charge in [-0.1, -0.05) is 6.07 Å². The maximum atomic E-state index is 11.2. The number of hydrogen-bond donors (Lipinski definition) is 1. The second kappa shape index (κ2) is 4.08. The number of rotatable bonds is 3. The number of aromatic nitrogens is 1. The van der Waals surface area contributed by atoms with Crippen LogP contribution < -0.4 is 11.1 Å². The smallest absolute Gasteiger partial charge is 0.408 e. The molecule has 0 aliphatic carbocycles. The Bertz CT molecular complexity index is 530. The molecule has 2 aromatic rings. The lowest BCUT2D eigenvalue weighted by Crippen LogP contribution is -2.10. The van der Waals surface area contributed by atoms with Crippen LogP contribution in [0.1, 0.15) is 5.56 Å². The van der Waals surface area contributed by atoms with Gasteiger partial charge in [-0.15, -0.1) is 11.6 Å². The van der Waals surface area contributed by atoms with Crippen LogP contribution in [-0.2, 0) is 13.6 Å². The van der Waals surface area contributed by atoms with Crippen LogP contribution in [0.5, 0.6) is 0 Å². The third-order valence-electron chi connectivity index (χ3n) is 2.28. The molecular formula is C10H11ClN2O2. The summed E-state index contributed by atoms with van der Waals surface area (Å²) in [6.45, 7) is 0.665. The van der Waals surface area contributed by atoms with E-state index < -0.39 is 0 Å². The monoisotopic (exact) mass is 226 g/mol. The summed E-state index contributed by atoms with van der Waals surface area (Å²) in [5.41, 5.74) is 2.45. The molecule has 1 N–H and O–H groups in total. The van der Waals surface area contributed by atoms with Crippen molar-refractivity contribution in [3.8, 4) is 0 Å². The maximum absolute atomic E-state index is 11.2. The number of halogens is 1. The quantitative estimate of drug-likeness (QED) is 0.636. The lowest BCUT2D eigenvalue weighted by molar-refractivity contribution is 0.527. The lowest BCUT2D eigenvalue weighted by Gasteiger charge is -2.00. The summed E-state index contributed by atoms with van der Waals surface area (Å²) in [5, 5.41) is 2.99. The SMILES string of the molecule is Cn1c(=O)oc2cc(CNCCl)ccc21. The Hall–Kier alpha value is -1.26. The maximum Gasteiger partial charge on any atom is 0.419 e. The summed E-state index contributed by atoms with van der Waals surface area (Å²) >= 11 is 5.51. The molecule has 15 heavy (non-hydrogen) atoms. The Morgan fingerprint density at radius 3 is 3.07 bits per heavy atom. The fraction of sp³-hybridized carbons (Fsp3) is 0.300. The van der Waals surface area contributed by atoms with E-state index in [1.54, 1.807) is 7.05 Å². The van der Waals surface area contributed by atoms with E-state index in [0.29, 0.717) is 18.1 Å². The second-order valence-corrected chi connectivity index (χ2v) is 3.56. The summed E-state index contributed by atoms with van der Waals surface area (Å²) in [5.74, 6) is -0.340. The predicted octanol–water partition coefficient (Wildman–Crippen LogP) is 1.42. The first kappa shape index (κ1) is 10.3. The number of alkyl halides is 1. The van der Waals surface area contributed by atoms with Crippen molar-refractivity contribution in [3.05, 3.63) is 34.3 Å². The summed E-state index contributed by atoms with van der Waals surface area (Å²) in [4.78, 5) is 11.2. The van der Waals surface area contributed by atoms with E-state index in [-0.39, 0.29) is 5.76 Å². The Kier molecular flexibility index (Phi) is 2.79. The molecule has 0 aliphatic heterocycles. The Morgan fingerprint density at radius 1 is 1.53 bits per heavy atom. The number of hydrogen-bond acceptors (Lipinski definition) is 3. The van der Waals surface area contributed by atoms with Gasteiger partial charge in [0.05, 0.1) is 11.5 Å². The third-order valence-corrected chi connectivity index (χ3v) is 2.47. The molecular weight excluding hydrogens is 216 g/mol. The zero-order valence-electron chi connectivity index (χ0n) is 8.29. The second-order valence-electron chi connectivity index (χ2n) is 3.29. The molecule has 1 aromatic heterocycles. The minimum atomic E-state index is -0.340. The molecule has 0 atom stereocenters. The van der Waals surface area contributed by atoms with Crippen LogP contribution in [0.3, 0.4) is 0 Å². The molecule has 80 valence electrons. The van der Waals surface area contributed by atoms with E-state index in [9.17, 15) is 4.79 Å². The van der Waals surface area contributed by atoms with Crippen molar-refractivity contribution < 1.29 is 4.42 Å². The Balaban J connectivity index is 2.43. The number of nitrogens with one attached hydrogen (secondary N) is 1. The van der Waals surface area contributed by atoms with Crippen molar-refractivity contribution in [2.45, 2.75) is 6.54 Å². The highest BCUT2D eigenvalue weighted by Crippen LogP contribution is 2.13. The van der Waals surface area contributed by atoms with Gasteiger partial charge < -0.3 is 4.42 Å². The minimum absolute atomic E-state index is 0.340. The minimum Gasteiger partial charge on any atom is -0.408 e. The molecule has 2 rings (SSSR count). The Labute approximate surface area is 91.4 Å². The standard InChI is InChI=1S/C10H11ClN2O2/c1-13-8-3-2-7(5-12-6-11)4-9(8)15-10(13)14/h2-4,12H,5-6H2,1H3. The van der Waals surface area contributed by atoms with E-state index in [2.05, 4.69) is 5.32 Å². The third kappa shape index (κ3) is 1.91. The van der Waals surface area contributed by atoms with Gasteiger partial charge in [-0.3, -0.25) is 9.88 Å². The Morgan fingerprint density at radius 2 is 2.33 bits per heavy atom. The lowest BCUT2D eigenvalue weighted by atomic mass is 10.2. The molecule has 0 bridgehead atoms. The zero-order valence-corrected chi connectivity index (χ0v) is 9.04. The molecule has 0 aliphatic rings. The number of nitrogens with zero attached hydrogens (tertiary/aromatic N) is 1. The number of oxazole rings is 1. The van der Waals surface area contributed by atoms with Gasteiger partial charge >= 0.3 is 5.76 Å². The van der Waals surface area contributed by atoms with Gasteiger partial charge in [-0.05, 0) is 17.7 Å². The molecule has 0 radical (unpaired) electrons. The average molecular weight is 227 g/mol. The first-order chi connectivity index (χ1) is 7.22. The summed E-state index contributed by atoms with van der Waals surface area (Å²) < 4.78 is 6.55. The first-order valence-corrected chi connectivity index (χ1v) is 5.11. The van der Waals surface area contributed by atoms with E-state index in [0.717, 1.165) is 11.1 Å². The number of benzene rings is 1. The van der Waals surface area contributed by atoms with Crippen LogP contribution in [0.15, 0.2) is 27.4 Å². The molecule has 5 heteroatoms. The highest BCUT2D eigenvalue weighted by molar-refractivity contribution is 6.17. The van der Waals surface area contributed by atoms with Crippen LogP contribution in [0.4, 0.5) is 0 Å². The van der Waals surface area contributed by atoms with Gasteiger partial charge in [0.25, 0.3) is 0 Å². The number of fused-ring (bicyclic) bond motifs is 1. The van der Waals surface area contributed by atoms with Gasteiger partial charge in [-0.2, -0.15) is 0 Å². The molecule has 0 spiro atoms. The van der Waals surface area contributed by atoms with E-state index in [1.165, 1.54) is 4.57 Å². The topological polar surface area (TPSA) is 47.2 Å². The molecule has 4 nitrogen and oxygen atoms in total. The fourth-order valence-corrected chi connectivity index (χ4v) is 1.57. The van der Waals surface area contributed by atoms with Crippen molar-refractivity contribution >= 4 is 22.7 Å². The molecule has 1 aromatic carbocycles. The van der Waals surface area contributed by atoms with Gasteiger partial charge in [-0.25, -0.2) is 4.79 Å². The summed E-state index contributed by atoms with van der Waals surface area (Å²) in [6.07, 6.45) is 0. The fourth-order valence-electron chi connectivity index (χ4n) is 1.48. The predicted molar refractivity (Wildman–Crippen MR) is 59.0 cm³/mol. The van der Waals surface area contributed by atoms with E-state index in [4.69, 9.17) is 16.0 Å². The van der Waals surface area contributed by atoms with Gasteiger partial charge in [0, 0.05) is 13.6 Å². The van der Waals surface area contributed by atoms with Crippen molar-refractivity contribution in [1.29, 1.82) is 0 Å². The van der Waals surface area contributed by atoms with Crippen molar-refractivity contribution in [2.24, 2.45) is 7.05 Å². The van der Waals surface area contributed by atoms with Crippen LogP contribution in [0.25, 0.3) is 11.1 Å². The van der Waals surface area contributed by atoms with Crippen molar-refractivity contribution in [3.63, 3.8) is 0 Å². The van der Waals surface area contributed by atoms with Gasteiger partial charge in [0.1, 0.15) is 0 Å². The first-order valence-electron chi connectivity index (χ1n) is 4.57. The van der Waals surface area contributed by atoms with Gasteiger partial charge in [0.2, 0.25) is 0 Å². The summed E-state index contributed by atoms with van der Waals surface area (Å²) in [7, 11) is 1.69. The van der Waals surface area contributed by atoms with Crippen molar-refractivity contribution in [1.82, 2.24) is 9.88 Å². The highest BCUT2D eigenvalue weighted by Gasteiger charge is 2.05. The van der Waals surface area contributed by atoms with E-state index in [1.807, 2.05) is 18.2 Å². The van der Waals surface area contributed by atoms with Crippen LogP contribution in [-0.4, -0.2) is 10.6 Å². The molecule has 0 saturated carbocycles. The molecule has 0 fully saturated rings. The van der Waals surface area contributed by atoms with Gasteiger partial charge in [0.15, 0.2) is 5.58 Å². The van der Waals surface area contributed by atoms with Crippen LogP contribution in [0, 0.1) is 0 Å². The van der Waals surface area contributed by atoms with Crippen LogP contribution in [0.2, 0.25) is 0 Å². The number of aryl methyl sites for hydroxylation is 1. The summed E-state index contributed by atoms with van der Waals surface area (Å²) in [6, 6.07) is 6.05. The largest absolute Gasteiger partial charge is 0.419 e. The molecule has 0 unspecified atom stereocenters. The van der Waals surface area contributed by atoms with Crippen molar-refractivity contribution in [2.75, 3.05) is 6.00 Å². The highest BCUT2D eigenvalue weighted by atomic mass is 35.5. The molecule has 1 heterocycles. The average Bonchev–Trinajstić information content (AvgIpc) is 2.52. The zero-order chi connectivity index (χ0) is 10.8. The normalized spacial score (nSPS) is 11.1. The molecule has 0 saturated heterocycles. The molecule has 0 amide bonds. The van der Waals surface area contributed by atoms with E-state index >= 15 is 0 Å². The van der Waals surface area contributed by atoms with Crippen LogP contribution >= 0.6 is 11.6 Å².